The molecular formula is C18H15N3O. The van der Waals surface area contributed by atoms with Gasteiger partial charge in [-0.3, -0.25) is 9.38 Å². The minimum absolute atomic E-state index is 0.154. The summed E-state index contributed by atoms with van der Waals surface area (Å²) in [5.74, 6) is 0.154. The van der Waals surface area contributed by atoms with E-state index in [4.69, 9.17) is 0 Å². The first-order chi connectivity index (χ1) is 10.8. The summed E-state index contributed by atoms with van der Waals surface area (Å²) in [4.78, 5) is 8.96. The third-order valence-electron chi connectivity index (χ3n) is 3.93. The third kappa shape index (κ3) is 1.84. The van der Waals surface area contributed by atoms with Crippen LogP contribution < -0.4 is 0 Å². The first-order valence-corrected chi connectivity index (χ1v) is 7.32. The van der Waals surface area contributed by atoms with Gasteiger partial charge in [-0.15, -0.1) is 0 Å². The molecule has 0 unspecified atom stereocenters. The average Bonchev–Trinajstić information content (AvgIpc) is 2.92. The van der Waals surface area contributed by atoms with Gasteiger partial charge in [0.25, 0.3) is 0 Å². The van der Waals surface area contributed by atoms with E-state index >= 15 is 0 Å². The number of imidazole rings is 1. The number of nitrogens with zero attached hydrogens (tertiary/aromatic N) is 3. The molecule has 0 aliphatic rings. The van der Waals surface area contributed by atoms with Gasteiger partial charge in [0.2, 0.25) is 5.88 Å². The number of rotatable bonds is 2. The summed E-state index contributed by atoms with van der Waals surface area (Å²) in [5, 5.41) is 10.7. The SMILES string of the molecule is CCc1cccc(-c2nc3cnc4ccccc4n3c2O)c1. The normalized spacial score (nSPS) is 11.3. The summed E-state index contributed by atoms with van der Waals surface area (Å²) in [7, 11) is 0. The molecule has 0 atom stereocenters. The van der Waals surface area contributed by atoms with Crippen molar-refractivity contribution in [2.24, 2.45) is 0 Å². The summed E-state index contributed by atoms with van der Waals surface area (Å²) in [6.45, 7) is 2.11. The topological polar surface area (TPSA) is 50.4 Å². The third-order valence-corrected chi connectivity index (χ3v) is 3.93. The van der Waals surface area contributed by atoms with Crippen LogP contribution in [-0.2, 0) is 6.42 Å². The molecule has 0 aliphatic heterocycles. The lowest BCUT2D eigenvalue weighted by Gasteiger charge is -2.03. The highest BCUT2D eigenvalue weighted by Gasteiger charge is 2.15. The minimum atomic E-state index is 0.154. The van der Waals surface area contributed by atoms with Crippen LogP contribution in [0.4, 0.5) is 0 Å². The zero-order valence-electron chi connectivity index (χ0n) is 12.2. The second-order valence-corrected chi connectivity index (χ2v) is 5.28. The van der Waals surface area contributed by atoms with E-state index in [1.54, 1.807) is 10.6 Å². The number of hydrogen-bond acceptors (Lipinski definition) is 3. The maximum Gasteiger partial charge on any atom is 0.224 e. The van der Waals surface area contributed by atoms with E-state index < -0.39 is 0 Å². The fourth-order valence-electron chi connectivity index (χ4n) is 2.77. The molecule has 2 aromatic heterocycles. The fourth-order valence-corrected chi connectivity index (χ4v) is 2.77. The number of hydrogen-bond donors (Lipinski definition) is 1. The first-order valence-electron chi connectivity index (χ1n) is 7.32. The van der Waals surface area contributed by atoms with Gasteiger partial charge in [0.05, 0.1) is 17.2 Å². The molecule has 4 heteroatoms. The lowest BCUT2D eigenvalue weighted by molar-refractivity contribution is 0.453. The highest BCUT2D eigenvalue weighted by Crippen LogP contribution is 2.32. The zero-order chi connectivity index (χ0) is 15.1. The number of aryl methyl sites for hydroxylation is 1. The van der Waals surface area contributed by atoms with Crippen LogP contribution in [0.1, 0.15) is 12.5 Å². The predicted molar refractivity (Wildman–Crippen MR) is 87.0 cm³/mol. The van der Waals surface area contributed by atoms with E-state index in [1.165, 1.54) is 5.56 Å². The summed E-state index contributed by atoms with van der Waals surface area (Å²) in [5.41, 5.74) is 5.06. The Balaban J connectivity index is 2.03. The molecule has 2 heterocycles. The molecule has 1 N–H and O–H groups in total. The zero-order valence-corrected chi connectivity index (χ0v) is 12.2. The van der Waals surface area contributed by atoms with Crippen LogP contribution in [-0.4, -0.2) is 19.5 Å². The van der Waals surface area contributed by atoms with E-state index in [2.05, 4.69) is 29.0 Å². The van der Waals surface area contributed by atoms with Gasteiger partial charge in [0.15, 0.2) is 5.65 Å². The van der Waals surface area contributed by atoms with Crippen molar-refractivity contribution in [3.8, 4) is 17.1 Å². The van der Waals surface area contributed by atoms with Crippen molar-refractivity contribution in [1.82, 2.24) is 14.4 Å². The number of para-hydroxylation sites is 2. The Hall–Kier alpha value is -2.88. The number of aromatic hydroxyl groups is 1. The minimum Gasteiger partial charge on any atom is -0.493 e. The van der Waals surface area contributed by atoms with Crippen LogP contribution >= 0.6 is 0 Å². The Kier molecular flexibility index (Phi) is 2.82. The maximum absolute atomic E-state index is 10.7. The van der Waals surface area contributed by atoms with E-state index in [0.29, 0.717) is 11.3 Å². The number of fused-ring (bicyclic) bond motifs is 3. The molecule has 4 nitrogen and oxygen atoms in total. The fraction of sp³-hybridized carbons (Fsp3) is 0.111. The van der Waals surface area contributed by atoms with Gasteiger partial charge < -0.3 is 5.11 Å². The van der Waals surface area contributed by atoms with Crippen molar-refractivity contribution in [2.75, 3.05) is 0 Å². The van der Waals surface area contributed by atoms with Crippen molar-refractivity contribution in [2.45, 2.75) is 13.3 Å². The predicted octanol–water partition coefficient (Wildman–Crippen LogP) is 3.82. The highest BCUT2D eigenvalue weighted by molar-refractivity contribution is 5.81. The molecule has 0 amide bonds. The molecule has 22 heavy (non-hydrogen) atoms. The Bertz CT molecular complexity index is 988. The summed E-state index contributed by atoms with van der Waals surface area (Å²) in [6.07, 6.45) is 2.64. The van der Waals surface area contributed by atoms with Gasteiger partial charge in [-0.25, -0.2) is 4.98 Å². The van der Waals surface area contributed by atoms with Crippen molar-refractivity contribution < 1.29 is 5.11 Å². The van der Waals surface area contributed by atoms with Crippen molar-refractivity contribution in [3.05, 3.63) is 60.3 Å². The first kappa shape index (κ1) is 12.8. The highest BCUT2D eigenvalue weighted by atomic mass is 16.3. The number of benzene rings is 2. The quantitative estimate of drug-likeness (QED) is 0.610. The Morgan fingerprint density at radius 3 is 2.82 bits per heavy atom. The van der Waals surface area contributed by atoms with Crippen molar-refractivity contribution >= 4 is 16.7 Å². The standard InChI is InChI=1S/C18H15N3O/c1-2-12-6-5-7-13(10-12)17-18(22)21-15-9-4-3-8-14(15)19-11-16(21)20-17/h3-11,22H,2H2,1H3. The molecule has 108 valence electrons. The molecule has 0 bridgehead atoms. The van der Waals surface area contributed by atoms with Crippen LogP contribution in [0.25, 0.3) is 27.9 Å². The summed E-state index contributed by atoms with van der Waals surface area (Å²) in [6, 6.07) is 15.8. The molecule has 4 rings (SSSR count). The van der Waals surface area contributed by atoms with Gasteiger partial charge in [-0.05, 0) is 30.2 Å². The van der Waals surface area contributed by atoms with Crippen LogP contribution in [0, 0.1) is 0 Å². The molecule has 0 aliphatic carbocycles. The molecule has 2 aromatic carbocycles. The second kappa shape index (κ2) is 4.84. The van der Waals surface area contributed by atoms with Gasteiger partial charge in [0, 0.05) is 5.56 Å². The molecule has 0 saturated heterocycles. The maximum atomic E-state index is 10.7. The van der Waals surface area contributed by atoms with Crippen LogP contribution in [0.2, 0.25) is 0 Å². The Morgan fingerprint density at radius 2 is 1.95 bits per heavy atom. The molecule has 0 spiro atoms. The van der Waals surface area contributed by atoms with E-state index in [9.17, 15) is 5.11 Å². The van der Waals surface area contributed by atoms with Gasteiger partial charge >= 0.3 is 0 Å². The van der Waals surface area contributed by atoms with E-state index in [0.717, 1.165) is 23.0 Å². The monoisotopic (exact) mass is 289 g/mol. The second-order valence-electron chi connectivity index (χ2n) is 5.28. The average molecular weight is 289 g/mol. The molecule has 0 saturated carbocycles. The summed E-state index contributed by atoms with van der Waals surface area (Å²) >= 11 is 0. The summed E-state index contributed by atoms with van der Waals surface area (Å²) < 4.78 is 1.75. The van der Waals surface area contributed by atoms with Gasteiger partial charge in [-0.1, -0.05) is 37.3 Å². The van der Waals surface area contributed by atoms with Crippen LogP contribution in [0.3, 0.4) is 0 Å². The van der Waals surface area contributed by atoms with Crippen LogP contribution in [0.15, 0.2) is 54.7 Å². The molecule has 4 aromatic rings. The van der Waals surface area contributed by atoms with E-state index in [-0.39, 0.29) is 5.88 Å². The van der Waals surface area contributed by atoms with Crippen molar-refractivity contribution in [1.29, 1.82) is 0 Å². The lowest BCUT2D eigenvalue weighted by atomic mass is 10.1. The van der Waals surface area contributed by atoms with Gasteiger partial charge in [-0.2, -0.15) is 0 Å². The lowest BCUT2D eigenvalue weighted by Crippen LogP contribution is -1.89. The van der Waals surface area contributed by atoms with Crippen molar-refractivity contribution in [3.63, 3.8) is 0 Å². The van der Waals surface area contributed by atoms with Gasteiger partial charge in [0.1, 0.15) is 5.69 Å². The largest absolute Gasteiger partial charge is 0.493 e. The number of aromatic nitrogens is 3. The Morgan fingerprint density at radius 1 is 1.09 bits per heavy atom. The Labute approximate surface area is 127 Å². The van der Waals surface area contributed by atoms with Crippen LogP contribution in [0.5, 0.6) is 5.88 Å². The molecular weight excluding hydrogens is 274 g/mol. The smallest absolute Gasteiger partial charge is 0.224 e. The molecule has 0 radical (unpaired) electrons. The molecule has 0 fully saturated rings. The van der Waals surface area contributed by atoms with E-state index in [1.807, 2.05) is 36.4 Å².